The van der Waals surface area contributed by atoms with Crippen LogP contribution >= 0.6 is 11.8 Å². The molecule has 2 N–H and O–H groups in total. The van der Waals surface area contributed by atoms with Crippen LogP contribution in [0.4, 0.5) is 0 Å². The standard InChI is InChI=1S/C14H16N2O4S/c1-9(15-12(17)10-5-3-2-4-6-10)13(18)16-8-21-7-11(16)14(19)20/h2-6,9,11H,7-8H2,1H3,(H,15,17)(H,19,20). The lowest BCUT2D eigenvalue weighted by Gasteiger charge is -2.24. The van der Waals surface area contributed by atoms with Gasteiger partial charge in [-0.15, -0.1) is 11.8 Å². The number of rotatable bonds is 4. The lowest BCUT2D eigenvalue weighted by Crippen LogP contribution is -2.50. The van der Waals surface area contributed by atoms with Gasteiger partial charge in [-0.3, -0.25) is 9.59 Å². The second-order valence-electron chi connectivity index (χ2n) is 4.72. The summed E-state index contributed by atoms with van der Waals surface area (Å²) in [5.41, 5.74) is 0.461. The number of carbonyl (C=O) groups is 3. The molecule has 1 heterocycles. The number of carboxylic acid groups (broad SMARTS) is 1. The van der Waals surface area contributed by atoms with Gasteiger partial charge in [0.1, 0.15) is 12.1 Å². The number of carbonyl (C=O) groups excluding carboxylic acids is 2. The summed E-state index contributed by atoms with van der Waals surface area (Å²) < 4.78 is 0. The molecule has 1 aliphatic rings. The molecule has 7 heteroatoms. The molecular formula is C14H16N2O4S. The van der Waals surface area contributed by atoms with E-state index >= 15 is 0 Å². The number of nitrogens with one attached hydrogen (secondary N) is 1. The molecule has 2 rings (SSSR count). The molecule has 1 fully saturated rings. The van der Waals surface area contributed by atoms with E-state index in [4.69, 9.17) is 5.11 Å². The SMILES string of the molecule is CC(NC(=O)c1ccccc1)C(=O)N1CSCC1C(=O)O. The summed E-state index contributed by atoms with van der Waals surface area (Å²) >= 11 is 1.39. The van der Waals surface area contributed by atoms with Crippen molar-refractivity contribution >= 4 is 29.5 Å². The highest BCUT2D eigenvalue weighted by Gasteiger charge is 2.36. The van der Waals surface area contributed by atoms with Gasteiger partial charge in [0.25, 0.3) is 5.91 Å². The molecule has 0 radical (unpaired) electrons. The minimum absolute atomic E-state index is 0.335. The Morgan fingerprint density at radius 3 is 2.62 bits per heavy atom. The summed E-state index contributed by atoms with van der Waals surface area (Å²) in [5, 5.41) is 11.7. The van der Waals surface area contributed by atoms with Crippen molar-refractivity contribution in [2.24, 2.45) is 0 Å². The highest BCUT2D eigenvalue weighted by atomic mass is 32.2. The molecule has 1 aromatic rings. The van der Waals surface area contributed by atoms with Crippen molar-refractivity contribution in [1.82, 2.24) is 10.2 Å². The van der Waals surface area contributed by atoms with Gasteiger partial charge in [0.2, 0.25) is 5.91 Å². The highest BCUT2D eigenvalue weighted by Crippen LogP contribution is 2.21. The second kappa shape index (κ2) is 6.62. The summed E-state index contributed by atoms with van der Waals surface area (Å²) in [5.74, 6) is -1.04. The Balaban J connectivity index is 2.00. The van der Waals surface area contributed by atoms with Gasteiger partial charge < -0.3 is 15.3 Å². The number of carboxylic acids is 1. The van der Waals surface area contributed by atoms with Crippen molar-refractivity contribution in [2.45, 2.75) is 19.0 Å². The van der Waals surface area contributed by atoms with Crippen LogP contribution in [-0.4, -0.2) is 51.5 Å². The molecule has 1 saturated heterocycles. The fourth-order valence-corrected chi connectivity index (χ4v) is 3.20. The van der Waals surface area contributed by atoms with E-state index in [1.54, 1.807) is 37.3 Å². The molecule has 2 atom stereocenters. The zero-order valence-electron chi connectivity index (χ0n) is 11.5. The van der Waals surface area contributed by atoms with Gasteiger partial charge >= 0.3 is 5.97 Å². The Morgan fingerprint density at radius 2 is 2.00 bits per heavy atom. The first-order chi connectivity index (χ1) is 10.0. The molecule has 6 nitrogen and oxygen atoms in total. The van der Waals surface area contributed by atoms with Crippen molar-refractivity contribution in [3.63, 3.8) is 0 Å². The van der Waals surface area contributed by atoms with Crippen LogP contribution in [0.3, 0.4) is 0 Å². The largest absolute Gasteiger partial charge is 0.480 e. The van der Waals surface area contributed by atoms with Crippen LogP contribution < -0.4 is 5.32 Å². The fraction of sp³-hybridized carbons (Fsp3) is 0.357. The van der Waals surface area contributed by atoms with Crippen molar-refractivity contribution in [1.29, 1.82) is 0 Å². The van der Waals surface area contributed by atoms with E-state index in [2.05, 4.69) is 5.32 Å². The normalized spacial score (nSPS) is 19.1. The number of nitrogens with zero attached hydrogens (tertiary/aromatic N) is 1. The summed E-state index contributed by atoms with van der Waals surface area (Å²) in [6.07, 6.45) is 0. The highest BCUT2D eigenvalue weighted by molar-refractivity contribution is 7.99. The molecule has 0 bridgehead atoms. The van der Waals surface area contributed by atoms with Gasteiger partial charge in [0, 0.05) is 11.3 Å². The maximum Gasteiger partial charge on any atom is 0.327 e. The Bertz CT molecular complexity index is 549. The van der Waals surface area contributed by atoms with E-state index in [1.807, 2.05) is 0 Å². The lowest BCUT2D eigenvalue weighted by molar-refractivity contribution is -0.148. The predicted octanol–water partition coefficient (Wildman–Crippen LogP) is 0.791. The van der Waals surface area contributed by atoms with Gasteiger partial charge in [-0.05, 0) is 19.1 Å². The fourth-order valence-electron chi connectivity index (χ4n) is 2.04. The minimum atomic E-state index is -1.02. The third-order valence-corrected chi connectivity index (χ3v) is 4.22. The van der Waals surface area contributed by atoms with Gasteiger partial charge in [0.05, 0.1) is 5.88 Å². The molecule has 112 valence electrons. The lowest BCUT2D eigenvalue weighted by atomic mass is 10.2. The Hall–Kier alpha value is -2.02. The molecule has 0 aromatic heterocycles. The Kier molecular flexibility index (Phi) is 4.85. The van der Waals surface area contributed by atoms with E-state index in [0.29, 0.717) is 17.2 Å². The maximum atomic E-state index is 12.3. The average molecular weight is 308 g/mol. The van der Waals surface area contributed by atoms with Gasteiger partial charge in [0.15, 0.2) is 0 Å². The van der Waals surface area contributed by atoms with E-state index in [0.717, 1.165) is 0 Å². The van der Waals surface area contributed by atoms with Crippen molar-refractivity contribution in [3.8, 4) is 0 Å². The smallest absolute Gasteiger partial charge is 0.327 e. The van der Waals surface area contributed by atoms with Crippen LogP contribution in [0.5, 0.6) is 0 Å². The molecule has 0 saturated carbocycles. The summed E-state index contributed by atoms with van der Waals surface area (Å²) in [4.78, 5) is 36.6. The molecular weight excluding hydrogens is 292 g/mol. The molecule has 1 aliphatic heterocycles. The van der Waals surface area contributed by atoms with Crippen LogP contribution in [0.2, 0.25) is 0 Å². The first-order valence-electron chi connectivity index (χ1n) is 6.47. The predicted molar refractivity (Wildman–Crippen MR) is 79.0 cm³/mol. The van der Waals surface area contributed by atoms with Crippen LogP contribution in [0, 0.1) is 0 Å². The van der Waals surface area contributed by atoms with Crippen LogP contribution in [0.1, 0.15) is 17.3 Å². The van der Waals surface area contributed by atoms with Crippen LogP contribution in [-0.2, 0) is 9.59 Å². The molecule has 1 aromatic carbocycles. The average Bonchev–Trinajstić information content (AvgIpc) is 2.96. The third kappa shape index (κ3) is 3.55. The molecule has 2 unspecified atom stereocenters. The van der Waals surface area contributed by atoms with Crippen LogP contribution in [0.25, 0.3) is 0 Å². The van der Waals surface area contributed by atoms with Gasteiger partial charge in [-0.2, -0.15) is 0 Å². The number of amides is 2. The molecule has 21 heavy (non-hydrogen) atoms. The first kappa shape index (κ1) is 15.4. The zero-order valence-corrected chi connectivity index (χ0v) is 12.3. The quantitative estimate of drug-likeness (QED) is 0.859. The minimum Gasteiger partial charge on any atom is -0.480 e. The van der Waals surface area contributed by atoms with Crippen molar-refractivity contribution in [3.05, 3.63) is 35.9 Å². The first-order valence-corrected chi connectivity index (χ1v) is 7.63. The summed E-state index contributed by atoms with van der Waals surface area (Å²) in [7, 11) is 0. The Morgan fingerprint density at radius 1 is 1.33 bits per heavy atom. The molecule has 2 amide bonds. The van der Waals surface area contributed by atoms with Crippen molar-refractivity contribution < 1.29 is 19.5 Å². The zero-order chi connectivity index (χ0) is 15.4. The molecule has 0 spiro atoms. The third-order valence-electron chi connectivity index (χ3n) is 3.20. The van der Waals surface area contributed by atoms with E-state index in [1.165, 1.54) is 16.7 Å². The van der Waals surface area contributed by atoms with Gasteiger partial charge in [-0.25, -0.2) is 4.79 Å². The van der Waals surface area contributed by atoms with Crippen molar-refractivity contribution in [2.75, 3.05) is 11.6 Å². The summed E-state index contributed by atoms with van der Waals surface area (Å²) in [6, 6.07) is 6.98. The number of benzene rings is 1. The monoisotopic (exact) mass is 308 g/mol. The maximum absolute atomic E-state index is 12.3. The number of aliphatic carboxylic acids is 1. The molecule has 0 aliphatic carbocycles. The topological polar surface area (TPSA) is 86.7 Å². The second-order valence-corrected chi connectivity index (χ2v) is 5.72. The Labute approximate surface area is 126 Å². The van der Waals surface area contributed by atoms with Crippen LogP contribution in [0.15, 0.2) is 30.3 Å². The van der Waals surface area contributed by atoms with Gasteiger partial charge in [-0.1, -0.05) is 18.2 Å². The number of hydrogen-bond acceptors (Lipinski definition) is 4. The number of hydrogen-bond donors (Lipinski definition) is 2. The summed E-state index contributed by atoms with van der Waals surface area (Å²) in [6.45, 7) is 1.56. The number of thioether (sulfide) groups is 1. The van der Waals surface area contributed by atoms with E-state index < -0.39 is 18.1 Å². The van der Waals surface area contributed by atoms with E-state index in [-0.39, 0.29) is 11.8 Å². The van der Waals surface area contributed by atoms with E-state index in [9.17, 15) is 14.4 Å².